The molecule has 0 radical (unpaired) electrons. The normalized spacial score (nSPS) is 15.3. The Morgan fingerprint density at radius 3 is 2.39 bits per heavy atom. The van der Waals surface area contributed by atoms with Gasteiger partial charge in [-0.2, -0.15) is 0 Å². The molecule has 1 amide bonds. The van der Waals surface area contributed by atoms with Crippen molar-refractivity contribution in [3.63, 3.8) is 0 Å². The van der Waals surface area contributed by atoms with E-state index in [1.165, 1.54) is 22.5 Å². The average molecular weight is 534 g/mol. The van der Waals surface area contributed by atoms with Crippen LogP contribution in [0.15, 0.2) is 36.4 Å². The van der Waals surface area contributed by atoms with Gasteiger partial charge in [0.05, 0.1) is 22.9 Å². The van der Waals surface area contributed by atoms with Crippen molar-refractivity contribution in [2.24, 2.45) is 5.92 Å². The highest BCUT2D eigenvalue weighted by molar-refractivity contribution is 7.88. The summed E-state index contributed by atoms with van der Waals surface area (Å²) in [7, 11) is -3.60. The van der Waals surface area contributed by atoms with Crippen LogP contribution in [-0.2, 0) is 25.3 Å². The van der Waals surface area contributed by atoms with E-state index in [0.717, 1.165) is 0 Å². The van der Waals surface area contributed by atoms with Crippen LogP contribution in [0.1, 0.15) is 35.7 Å². The van der Waals surface area contributed by atoms with E-state index >= 15 is 0 Å². The van der Waals surface area contributed by atoms with E-state index < -0.39 is 16.0 Å². The molecule has 1 saturated heterocycles. The maximum atomic E-state index is 12.8. The molecule has 1 aliphatic heterocycles. The van der Waals surface area contributed by atoms with E-state index in [2.05, 4.69) is 5.32 Å². The summed E-state index contributed by atoms with van der Waals surface area (Å²) in [6.07, 6.45) is 0.746. The molecule has 0 atom stereocenters. The number of hydrogen-bond acceptors (Lipinski definition) is 5. The van der Waals surface area contributed by atoms with Crippen molar-refractivity contribution in [3.8, 4) is 0 Å². The van der Waals surface area contributed by atoms with Crippen molar-refractivity contribution in [3.05, 3.63) is 62.6 Å². The second-order valence-electron chi connectivity index (χ2n) is 7.57. The number of ether oxygens (including phenoxy) is 1. The van der Waals surface area contributed by atoms with Crippen molar-refractivity contribution in [2.45, 2.75) is 25.5 Å². The number of sulfonamides is 1. The first-order chi connectivity index (χ1) is 15.6. The first kappa shape index (κ1) is 25.8. The number of nitrogens with one attached hydrogen (secondary N) is 1. The molecule has 0 unspecified atom stereocenters. The first-order valence-corrected chi connectivity index (χ1v) is 13.0. The van der Waals surface area contributed by atoms with Gasteiger partial charge in [-0.05, 0) is 55.7 Å². The molecule has 178 valence electrons. The van der Waals surface area contributed by atoms with Crippen molar-refractivity contribution < 1.29 is 22.7 Å². The molecule has 2 aromatic carbocycles. The molecule has 1 aliphatic rings. The topological polar surface area (TPSA) is 92.8 Å². The second-order valence-corrected chi connectivity index (χ2v) is 10.8. The van der Waals surface area contributed by atoms with Crippen LogP contribution in [0.4, 0.5) is 5.69 Å². The minimum atomic E-state index is -3.60. The van der Waals surface area contributed by atoms with Crippen molar-refractivity contribution in [1.82, 2.24) is 4.31 Å². The van der Waals surface area contributed by atoms with E-state index in [0.29, 0.717) is 34.1 Å². The van der Waals surface area contributed by atoms with Gasteiger partial charge in [-0.15, -0.1) is 0 Å². The molecule has 0 spiro atoms. The fourth-order valence-corrected chi connectivity index (χ4v) is 5.88. The number of esters is 1. The van der Waals surface area contributed by atoms with Crippen LogP contribution < -0.4 is 5.32 Å². The van der Waals surface area contributed by atoms with E-state index in [1.807, 2.05) is 0 Å². The summed E-state index contributed by atoms with van der Waals surface area (Å²) in [5, 5.41) is 3.74. The van der Waals surface area contributed by atoms with Gasteiger partial charge in [0, 0.05) is 34.7 Å². The zero-order valence-corrected chi connectivity index (χ0v) is 20.9. The molecule has 1 fully saturated rings. The molecule has 11 heteroatoms. The monoisotopic (exact) mass is 532 g/mol. The maximum Gasteiger partial charge on any atom is 0.339 e. The quantitative estimate of drug-likeness (QED) is 0.505. The molecule has 7 nitrogen and oxygen atoms in total. The van der Waals surface area contributed by atoms with Gasteiger partial charge in [0.1, 0.15) is 0 Å². The zero-order chi connectivity index (χ0) is 24.2. The fraction of sp³-hybridized carbons (Fsp3) is 0.364. The summed E-state index contributed by atoms with van der Waals surface area (Å²) in [5.41, 5.74) is 1.05. The summed E-state index contributed by atoms with van der Waals surface area (Å²) < 4.78 is 32.0. The Kier molecular flexibility index (Phi) is 8.64. The predicted octanol–water partition coefficient (Wildman–Crippen LogP) is 5.00. The van der Waals surface area contributed by atoms with Gasteiger partial charge < -0.3 is 10.1 Å². The summed E-state index contributed by atoms with van der Waals surface area (Å²) >= 11 is 18.0. The Bertz CT molecular complexity index is 1150. The highest BCUT2D eigenvalue weighted by Gasteiger charge is 2.31. The van der Waals surface area contributed by atoms with Gasteiger partial charge in [0.15, 0.2) is 0 Å². The number of rotatable bonds is 7. The van der Waals surface area contributed by atoms with E-state index in [1.54, 1.807) is 25.1 Å². The molecule has 1 heterocycles. The number of benzene rings is 2. The number of carbonyl (C=O) groups is 2. The number of anilines is 1. The lowest BCUT2D eigenvalue weighted by Crippen LogP contribution is -2.41. The first-order valence-electron chi connectivity index (χ1n) is 10.3. The zero-order valence-electron chi connectivity index (χ0n) is 17.8. The number of nitrogens with zero attached hydrogens (tertiary/aromatic N) is 1. The average Bonchev–Trinajstić information content (AvgIpc) is 2.77. The molecule has 1 N–H and O–H groups in total. The van der Waals surface area contributed by atoms with Gasteiger partial charge in [-0.1, -0.05) is 40.9 Å². The SMILES string of the molecule is CCOC(=O)c1cc(NC(=O)C2CCN(S(=O)(=O)Cc3ccc(Cl)cc3Cl)CC2)ccc1Cl. The predicted molar refractivity (Wildman–Crippen MR) is 129 cm³/mol. The van der Waals surface area contributed by atoms with Gasteiger partial charge in [0.2, 0.25) is 15.9 Å². The lowest BCUT2D eigenvalue weighted by atomic mass is 9.97. The Hall–Kier alpha value is -1.84. The molecular formula is C22H23Cl3N2O5S. The van der Waals surface area contributed by atoms with Crippen molar-refractivity contribution in [2.75, 3.05) is 25.0 Å². The van der Waals surface area contributed by atoms with Gasteiger partial charge in [-0.25, -0.2) is 17.5 Å². The van der Waals surface area contributed by atoms with Crippen molar-refractivity contribution in [1.29, 1.82) is 0 Å². The smallest absolute Gasteiger partial charge is 0.339 e. The van der Waals surface area contributed by atoms with Crippen LogP contribution in [0.2, 0.25) is 15.1 Å². The maximum absolute atomic E-state index is 12.8. The fourth-order valence-electron chi connectivity index (χ4n) is 3.54. The second kappa shape index (κ2) is 11.1. The Balaban J connectivity index is 1.60. The van der Waals surface area contributed by atoms with Crippen LogP contribution in [0, 0.1) is 5.92 Å². The lowest BCUT2D eigenvalue weighted by molar-refractivity contribution is -0.120. The molecular weight excluding hydrogens is 511 g/mol. The van der Waals surface area contributed by atoms with Crippen LogP contribution in [0.25, 0.3) is 0 Å². The summed E-state index contributed by atoms with van der Waals surface area (Å²) in [5.74, 6) is -1.42. The highest BCUT2D eigenvalue weighted by atomic mass is 35.5. The Morgan fingerprint density at radius 2 is 1.76 bits per heavy atom. The number of hydrogen-bond donors (Lipinski definition) is 1. The largest absolute Gasteiger partial charge is 0.462 e. The van der Waals surface area contributed by atoms with E-state index in [-0.39, 0.29) is 47.9 Å². The lowest BCUT2D eigenvalue weighted by Gasteiger charge is -2.30. The molecule has 0 saturated carbocycles. The van der Waals surface area contributed by atoms with Crippen LogP contribution in [-0.4, -0.2) is 44.3 Å². The highest BCUT2D eigenvalue weighted by Crippen LogP contribution is 2.27. The van der Waals surface area contributed by atoms with E-state index in [9.17, 15) is 18.0 Å². The molecule has 3 rings (SSSR count). The molecule has 0 aromatic heterocycles. The van der Waals surface area contributed by atoms with Gasteiger partial charge in [0.25, 0.3) is 0 Å². The third kappa shape index (κ3) is 6.61. The van der Waals surface area contributed by atoms with Gasteiger partial charge in [-0.3, -0.25) is 4.79 Å². The van der Waals surface area contributed by atoms with Gasteiger partial charge >= 0.3 is 5.97 Å². The minimum Gasteiger partial charge on any atom is -0.462 e. The standard InChI is InChI=1S/C22H23Cl3N2O5S/c1-2-32-22(29)18-12-17(5-6-19(18)24)26-21(28)14-7-9-27(10-8-14)33(30,31)13-15-3-4-16(23)11-20(15)25/h3-6,11-12,14H,2,7-10,13H2,1H3,(H,26,28). The molecule has 33 heavy (non-hydrogen) atoms. The minimum absolute atomic E-state index is 0.165. The molecule has 0 bridgehead atoms. The third-order valence-corrected chi connectivity index (χ3v) is 8.04. The molecule has 0 aliphatic carbocycles. The van der Waals surface area contributed by atoms with E-state index in [4.69, 9.17) is 39.5 Å². The third-order valence-electron chi connectivity index (χ3n) is 5.30. The van der Waals surface area contributed by atoms with Crippen LogP contribution >= 0.6 is 34.8 Å². The van der Waals surface area contributed by atoms with Crippen LogP contribution in [0.5, 0.6) is 0 Å². The molecule has 2 aromatic rings. The Labute approximate surface area is 208 Å². The number of piperidine rings is 1. The summed E-state index contributed by atoms with van der Waals surface area (Å²) in [6.45, 7) is 2.34. The Morgan fingerprint density at radius 1 is 1.06 bits per heavy atom. The number of amides is 1. The summed E-state index contributed by atoms with van der Waals surface area (Å²) in [6, 6.07) is 9.28. The summed E-state index contributed by atoms with van der Waals surface area (Å²) in [4.78, 5) is 24.7. The van der Waals surface area contributed by atoms with Crippen molar-refractivity contribution >= 4 is 62.4 Å². The van der Waals surface area contributed by atoms with Crippen LogP contribution in [0.3, 0.4) is 0 Å². The number of halogens is 3. The number of carbonyl (C=O) groups excluding carboxylic acids is 2.